The number of amides is 2. The van der Waals surface area contributed by atoms with Crippen molar-refractivity contribution < 1.29 is 9.59 Å². The predicted octanol–water partition coefficient (Wildman–Crippen LogP) is 1.83. The Morgan fingerprint density at radius 1 is 1.31 bits per heavy atom. The van der Waals surface area contributed by atoms with Gasteiger partial charge in [-0.25, -0.2) is 9.97 Å². The molecule has 132 valence electrons. The lowest BCUT2D eigenvalue weighted by molar-refractivity contribution is -0.121. The third-order valence-electron chi connectivity index (χ3n) is 4.17. The van der Waals surface area contributed by atoms with Crippen LogP contribution in [0.25, 0.3) is 11.0 Å². The molecule has 0 radical (unpaired) electrons. The summed E-state index contributed by atoms with van der Waals surface area (Å²) in [5.41, 5.74) is 2.06. The van der Waals surface area contributed by atoms with E-state index in [-0.39, 0.29) is 18.4 Å². The van der Waals surface area contributed by atoms with Gasteiger partial charge in [0.15, 0.2) is 5.65 Å². The van der Waals surface area contributed by atoms with Crippen LogP contribution in [0.3, 0.4) is 0 Å². The number of para-hydroxylation sites is 2. The molecule has 4 rings (SSSR count). The summed E-state index contributed by atoms with van der Waals surface area (Å²) >= 11 is 1.34. The molecule has 1 aliphatic rings. The molecule has 9 heteroatoms. The molecular weight excluding hydrogens is 352 g/mol. The van der Waals surface area contributed by atoms with Crippen LogP contribution in [-0.4, -0.2) is 43.4 Å². The van der Waals surface area contributed by atoms with Gasteiger partial charge in [0.25, 0.3) is 0 Å². The lowest BCUT2D eigenvalue weighted by Gasteiger charge is -2.30. The second-order valence-electron chi connectivity index (χ2n) is 5.93. The molecule has 26 heavy (non-hydrogen) atoms. The van der Waals surface area contributed by atoms with E-state index < -0.39 is 5.25 Å². The van der Waals surface area contributed by atoms with Crippen molar-refractivity contribution in [3.05, 3.63) is 36.8 Å². The maximum absolute atomic E-state index is 13.0. The van der Waals surface area contributed by atoms with Crippen LogP contribution in [0, 0.1) is 0 Å². The number of aromatic nitrogens is 4. The molecule has 1 aromatic carbocycles. The highest BCUT2D eigenvalue weighted by Gasteiger charge is 2.30. The van der Waals surface area contributed by atoms with Crippen molar-refractivity contribution in [2.24, 2.45) is 7.05 Å². The van der Waals surface area contributed by atoms with Crippen molar-refractivity contribution in [3.8, 4) is 0 Å². The van der Waals surface area contributed by atoms with E-state index >= 15 is 0 Å². The van der Waals surface area contributed by atoms with Crippen molar-refractivity contribution in [2.45, 2.75) is 17.2 Å². The summed E-state index contributed by atoms with van der Waals surface area (Å²) < 4.78 is 1.67. The Bertz CT molecular complexity index is 1020. The number of benzene rings is 1. The zero-order valence-corrected chi connectivity index (χ0v) is 15.0. The van der Waals surface area contributed by atoms with E-state index in [1.54, 1.807) is 16.9 Å². The van der Waals surface area contributed by atoms with Crippen LogP contribution in [-0.2, 0) is 16.6 Å². The first-order valence-corrected chi connectivity index (χ1v) is 8.92. The highest BCUT2D eigenvalue weighted by molar-refractivity contribution is 8.00. The molecule has 2 amide bonds. The summed E-state index contributed by atoms with van der Waals surface area (Å²) in [6, 6.07) is 7.28. The molecule has 3 heterocycles. The van der Waals surface area contributed by atoms with Crippen molar-refractivity contribution in [1.29, 1.82) is 0 Å². The van der Waals surface area contributed by atoms with E-state index in [0.29, 0.717) is 22.0 Å². The molecule has 1 atom stereocenters. The second-order valence-corrected chi connectivity index (χ2v) is 7.26. The minimum Gasteiger partial charge on any atom is -0.323 e. The summed E-state index contributed by atoms with van der Waals surface area (Å²) in [5, 5.41) is 8.05. The van der Waals surface area contributed by atoms with Gasteiger partial charge in [0.1, 0.15) is 17.9 Å². The SMILES string of the molecule is C[C@H](Sc1ncnc2c1cnn2C)C(=O)N1CC(=O)Nc2ccccc21. The molecule has 8 nitrogen and oxygen atoms in total. The molecule has 0 bridgehead atoms. The first kappa shape index (κ1) is 16.5. The average Bonchev–Trinajstić information content (AvgIpc) is 3.02. The van der Waals surface area contributed by atoms with Crippen molar-refractivity contribution in [2.75, 3.05) is 16.8 Å². The molecule has 1 aliphatic heterocycles. The predicted molar refractivity (Wildman–Crippen MR) is 99.0 cm³/mol. The topological polar surface area (TPSA) is 93.0 Å². The number of aryl methyl sites for hydroxylation is 1. The average molecular weight is 368 g/mol. The second kappa shape index (κ2) is 6.41. The largest absolute Gasteiger partial charge is 0.323 e. The Kier molecular flexibility index (Phi) is 4.08. The highest BCUT2D eigenvalue weighted by Crippen LogP contribution is 2.33. The number of anilines is 2. The number of carbonyl (C=O) groups is 2. The summed E-state index contributed by atoms with van der Waals surface area (Å²) in [6.45, 7) is 1.82. The smallest absolute Gasteiger partial charge is 0.244 e. The number of nitrogens with one attached hydrogen (secondary N) is 1. The van der Waals surface area contributed by atoms with Crippen LogP contribution < -0.4 is 10.2 Å². The number of fused-ring (bicyclic) bond motifs is 2. The van der Waals surface area contributed by atoms with Gasteiger partial charge < -0.3 is 5.32 Å². The lowest BCUT2D eigenvalue weighted by Crippen LogP contribution is -2.45. The van der Waals surface area contributed by atoms with Crippen LogP contribution in [0.15, 0.2) is 41.8 Å². The van der Waals surface area contributed by atoms with Crippen LogP contribution in [0.5, 0.6) is 0 Å². The fourth-order valence-corrected chi connectivity index (χ4v) is 3.84. The summed E-state index contributed by atoms with van der Waals surface area (Å²) in [7, 11) is 1.81. The first-order chi connectivity index (χ1) is 12.5. The summed E-state index contributed by atoms with van der Waals surface area (Å²) in [6.07, 6.45) is 3.16. The van der Waals surface area contributed by atoms with E-state index in [4.69, 9.17) is 0 Å². The third-order valence-corrected chi connectivity index (χ3v) is 5.27. The standard InChI is InChI=1S/C17H16N6O2S/c1-10(26-16-11-7-20-22(2)15(11)18-9-19-16)17(25)23-8-14(24)21-12-5-3-4-6-13(12)23/h3-7,9-10H,8H2,1-2H3,(H,21,24)/t10-/m0/s1. The minimum absolute atomic E-state index is 0.00677. The lowest BCUT2D eigenvalue weighted by atomic mass is 10.2. The Morgan fingerprint density at radius 3 is 2.96 bits per heavy atom. The third kappa shape index (κ3) is 2.80. The number of hydrogen-bond donors (Lipinski definition) is 1. The molecule has 0 saturated heterocycles. The van der Waals surface area contributed by atoms with Gasteiger partial charge in [-0.05, 0) is 19.1 Å². The van der Waals surface area contributed by atoms with E-state index in [2.05, 4.69) is 20.4 Å². The summed E-state index contributed by atoms with van der Waals surface area (Å²) in [4.78, 5) is 35.0. The van der Waals surface area contributed by atoms with E-state index in [1.165, 1.54) is 23.0 Å². The molecule has 1 N–H and O–H groups in total. The molecule has 0 unspecified atom stereocenters. The zero-order chi connectivity index (χ0) is 18.3. The molecular formula is C17H16N6O2S. The normalized spacial score (nSPS) is 14.8. The number of carbonyl (C=O) groups excluding carboxylic acids is 2. The molecule has 3 aromatic rings. The number of hydrogen-bond acceptors (Lipinski definition) is 6. The number of nitrogens with zero attached hydrogens (tertiary/aromatic N) is 5. The van der Waals surface area contributed by atoms with Gasteiger partial charge in [-0.3, -0.25) is 19.2 Å². The maximum atomic E-state index is 13.0. The monoisotopic (exact) mass is 368 g/mol. The fourth-order valence-electron chi connectivity index (χ4n) is 2.90. The molecule has 0 saturated carbocycles. The Morgan fingerprint density at radius 2 is 2.12 bits per heavy atom. The van der Waals surface area contributed by atoms with E-state index in [1.807, 2.05) is 32.2 Å². The zero-order valence-electron chi connectivity index (χ0n) is 14.2. The van der Waals surface area contributed by atoms with E-state index in [9.17, 15) is 9.59 Å². The number of thioether (sulfide) groups is 1. The van der Waals surface area contributed by atoms with Gasteiger partial charge in [-0.15, -0.1) is 0 Å². The van der Waals surface area contributed by atoms with Gasteiger partial charge >= 0.3 is 0 Å². The maximum Gasteiger partial charge on any atom is 0.244 e. The van der Waals surface area contributed by atoms with Crippen molar-refractivity contribution in [1.82, 2.24) is 19.7 Å². The van der Waals surface area contributed by atoms with Gasteiger partial charge in [0, 0.05) is 7.05 Å². The first-order valence-electron chi connectivity index (χ1n) is 8.04. The molecule has 0 fully saturated rings. The van der Waals surface area contributed by atoms with Gasteiger partial charge in [0.2, 0.25) is 11.8 Å². The highest BCUT2D eigenvalue weighted by atomic mass is 32.2. The molecule has 0 spiro atoms. The number of rotatable bonds is 3. The van der Waals surface area contributed by atoms with Crippen molar-refractivity contribution in [3.63, 3.8) is 0 Å². The fraction of sp³-hybridized carbons (Fsp3) is 0.235. The van der Waals surface area contributed by atoms with Crippen LogP contribution >= 0.6 is 11.8 Å². The minimum atomic E-state index is -0.424. The molecule has 2 aromatic heterocycles. The van der Waals surface area contributed by atoms with E-state index in [0.717, 1.165) is 5.39 Å². The quantitative estimate of drug-likeness (QED) is 0.560. The van der Waals surface area contributed by atoms with Crippen LogP contribution in [0.1, 0.15) is 6.92 Å². The van der Waals surface area contributed by atoms with Crippen molar-refractivity contribution >= 4 is 46.0 Å². The Hall–Kier alpha value is -2.94. The van der Waals surface area contributed by atoms with Gasteiger partial charge in [-0.1, -0.05) is 23.9 Å². The summed E-state index contributed by atoms with van der Waals surface area (Å²) in [5.74, 6) is -0.348. The van der Waals surface area contributed by atoms with Crippen LogP contribution in [0.2, 0.25) is 0 Å². The van der Waals surface area contributed by atoms with Gasteiger partial charge in [0.05, 0.1) is 28.2 Å². The molecule has 0 aliphatic carbocycles. The van der Waals surface area contributed by atoms with Crippen LogP contribution in [0.4, 0.5) is 11.4 Å². The Balaban J connectivity index is 1.61. The Labute approximate surface area is 153 Å². The van der Waals surface area contributed by atoms with Gasteiger partial charge in [-0.2, -0.15) is 5.10 Å².